The molecule has 1 aromatic rings. The van der Waals surface area contributed by atoms with Crippen LogP contribution in [0.25, 0.3) is 0 Å². The van der Waals surface area contributed by atoms with Gasteiger partial charge in [0.05, 0.1) is 6.04 Å². The monoisotopic (exact) mass is 273 g/mol. The normalized spacial score (nSPS) is 19.6. The van der Waals surface area contributed by atoms with E-state index in [0.717, 1.165) is 12.5 Å². The van der Waals surface area contributed by atoms with E-state index in [1.165, 1.54) is 31.2 Å². The van der Waals surface area contributed by atoms with Crippen molar-refractivity contribution in [2.75, 3.05) is 13.6 Å². The lowest BCUT2D eigenvalue weighted by molar-refractivity contribution is 0.333. The van der Waals surface area contributed by atoms with E-state index < -0.39 is 0 Å². The topological polar surface area (TPSA) is 36.4 Å². The van der Waals surface area contributed by atoms with E-state index in [-0.39, 0.29) is 6.04 Å². The highest BCUT2D eigenvalue weighted by molar-refractivity contribution is 5.80. The minimum atomic E-state index is 0.263. The van der Waals surface area contributed by atoms with Crippen LogP contribution in [-0.4, -0.2) is 19.6 Å². The van der Waals surface area contributed by atoms with Gasteiger partial charge >= 0.3 is 0 Å². The smallest absolute Gasteiger partial charge is 0.191 e. The summed E-state index contributed by atoms with van der Waals surface area (Å²) in [4.78, 5) is 4.34. The highest BCUT2D eigenvalue weighted by Crippen LogP contribution is 2.36. The summed E-state index contributed by atoms with van der Waals surface area (Å²) in [5.41, 5.74) is 1.72. The number of hydrogen-bond donors (Lipinski definition) is 2. The Morgan fingerprint density at radius 1 is 1.25 bits per heavy atom. The second kappa shape index (κ2) is 6.78. The number of rotatable bonds is 4. The predicted octanol–water partition coefficient (Wildman–Crippen LogP) is 3.49. The minimum absolute atomic E-state index is 0.263. The Morgan fingerprint density at radius 3 is 2.50 bits per heavy atom. The molecule has 3 nitrogen and oxygen atoms in total. The molecule has 2 rings (SSSR count). The van der Waals surface area contributed by atoms with Gasteiger partial charge in [0.1, 0.15) is 0 Å². The van der Waals surface area contributed by atoms with Gasteiger partial charge in [-0.1, -0.05) is 50.1 Å². The summed E-state index contributed by atoms with van der Waals surface area (Å²) in [6.45, 7) is 5.55. The average Bonchev–Trinajstić information content (AvgIpc) is 2.91. The van der Waals surface area contributed by atoms with Crippen molar-refractivity contribution >= 4 is 5.96 Å². The molecule has 3 heteroatoms. The zero-order valence-corrected chi connectivity index (χ0v) is 12.9. The first-order valence-electron chi connectivity index (χ1n) is 7.65. The summed E-state index contributed by atoms with van der Waals surface area (Å²) >= 11 is 0. The molecule has 1 fully saturated rings. The minimum Gasteiger partial charge on any atom is -0.356 e. The third-order valence-corrected chi connectivity index (χ3v) is 4.37. The van der Waals surface area contributed by atoms with Crippen LogP contribution in [-0.2, 0) is 0 Å². The van der Waals surface area contributed by atoms with Crippen LogP contribution in [0.15, 0.2) is 35.3 Å². The van der Waals surface area contributed by atoms with E-state index in [0.29, 0.717) is 5.41 Å². The molecular weight excluding hydrogens is 246 g/mol. The van der Waals surface area contributed by atoms with E-state index in [2.05, 4.69) is 53.7 Å². The van der Waals surface area contributed by atoms with Gasteiger partial charge < -0.3 is 10.6 Å². The molecule has 0 spiro atoms. The molecule has 110 valence electrons. The molecule has 1 atom stereocenters. The van der Waals surface area contributed by atoms with E-state index in [9.17, 15) is 0 Å². The summed E-state index contributed by atoms with van der Waals surface area (Å²) in [7, 11) is 1.84. The Hall–Kier alpha value is -1.51. The Balaban J connectivity index is 1.86. The van der Waals surface area contributed by atoms with Crippen LogP contribution in [0, 0.1) is 5.41 Å². The van der Waals surface area contributed by atoms with Crippen LogP contribution in [0.3, 0.4) is 0 Å². The van der Waals surface area contributed by atoms with Crippen LogP contribution in [0.4, 0.5) is 0 Å². The van der Waals surface area contributed by atoms with Gasteiger partial charge in [0.15, 0.2) is 5.96 Å². The number of hydrogen-bond acceptors (Lipinski definition) is 1. The van der Waals surface area contributed by atoms with Crippen molar-refractivity contribution in [3.8, 4) is 0 Å². The molecule has 2 N–H and O–H groups in total. The quantitative estimate of drug-likeness (QED) is 0.651. The van der Waals surface area contributed by atoms with Gasteiger partial charge in [-0.3, -0.25) is 4.99 Å². The van der Waals surface area contributed by atoms with Gasteiger partial charge in [-0.25, -0.2) is 0 Å². The van der Waals surface area contributed by atoms with Crippen molar-refractivity contribution in [1.82, 2.24) is 10.6 Å². The zero-order valence-electron chi connectivity index (χ0n) is 12.9. The van der Waals surface area contributed by atoms with Gasteiger partial charge in [-0.15, -0.1) is 0 Å². The van der Waals surface area contributed by atoms with E-state index in [4.69, 9.17) is 0 Å². The van der Waals surface area contributed by atoms with Crippen molar-refractivity contribution in [2.45, 2.75) is 45.6 Å². The second-order valence-electron chi connectivity index (χ2n) is 6.22. The number of nitrogens with one attached hydrogen (secondary N) is 2. The van der Waals surface area contributed by atoms with Gasteiger partial charge in [-0.05, 0) is 30.7 Å². The second-order valence-corrected chi connectivity index (χ2v) is 6.22. The number of nitrogens with zero attached hydrogens (tertiary/aromatic N) is 1. The summed E-state index contributed by atoms with van der Waals surface area (Å²) < 4.78 is 0. The lowest BCUT2D eigenvalue weighted by Gasteiger charge is -2.26. The van der Waals surface area contributed by atoms with Gasteiger partial charge in [0.2, 0.25) is 0 Å². The highest BCUT2D eigenvalue weighted by Gasteiger charge is 2.28. The summed E-state index contributed by atoms with van der Waals surface area (Å²) in [5.74, 6) is 0.898. The molecule has 1 aliphatic carbocycles. The van der Waals surface area contributed by atoms with Crippen LogP contribution >= 0.6 is 0 Å². The lowest BCUT2D eigenvalue weighted by atomic mass is 9.89. The van der Waals surface area contributed by atoms with Crippen molar-refractivity contribution in [2.24, 2.45) is 10.4 Å². The lowest BCUT2D eigenvalue weighted by Crippen LogP contribution is -2.43. The average molecular weight is 273 g/mol. The fourth-order valence-corrected chi connectivity index (χ4v) is 2.93. The Labute approximate surface area is 122 Å². The molecule has 0 heterocycles. The molecule has 0 aliphatic heterocycles. The SMILES string of the molecule is CN=C(NCC1(C)CCCC1)NC(C)c1ccccc1. The fourth-order valence-electron chi connectivity index (χ4n) is 2.93. The Kier molecular flexibility index (Phi) is 5.05. The molecule has 20 heavy (non-hydrogen) atoms. The van der Waals surface area contributed by atoms with Gasteiger partial charge in [0, 0.05) is 13.6 Å². The molecule has 1 aliphatic rings. The van der Waals surface area contributed by atoms with Crippen molar-refractivity contribution in [1.29, 1.82) is 0 Å². The van der Waals surface area contributed by atoms with Crippen LogP contribution in [0.1, 0.15) is 51.1 Å². The molecule has 0 radical (unpaired) electrons. The third-order valence-electron chi connectivity index (χ3n) is 4.37. The maximum atomic E-state index is 4.34. The number of aliphatic imine (C=N–C) groups is 1. The Morgan fingerprint density at radius 2 is 1.90 bits per heavy atom. The molecular formula is C17H27N3. The van der Waals surface area contributed by atoms with E-state index in [1.807, 2.05) is 13.1 Å². The van der Waals surface area contributed by atoms with E-state index in [1.54, 1.807) is 0 Å². The number of guanidine groups is 1. The Bertz CT molecular complexity index is 433. The number of benzene rings is 1. The first-order chi connectivity index (χ1) is 9.63. The molecule has 1 unspecified atom stereocenters. The first-order valence-corrected chi connectivity index (χ1v) is 7.65. The highest BCUT2D eigenvalue weighted by atomic mass is 15.2. The fraction of sp³-hybridized carbons (Fsp3) is 0.588. The summed E-state index contributed by atoms with van der Waals surface area (Å²) in [5, 5.41) is 6.95. The zero-order chi connectivity index (χ0) is 14.4. The van der Waals surface area contributed by atoms with Gasteiger partial charge in [-0.2, -0.15) is 0 Å². The third kappa shape index (κ3) is 3.99. The summed E-state index contributed by atoms with van der Waals surface area (Å²) in [6.07, 6.45) is 5.38. The molecule has 1 saturated carbocycles. The van der Waals surface area contributed by atoms with Crippen LogP contribution in [0.5, 0.6) is 0 Å². The molecule has 0 amide bonds. The first kappa shape index (κ1) is 14.9. The maximum absolute atomic E-state index is 4.34. The predicted molar refractivity (Wildman–Crippen MR) is 85.9 cm³/mol. The standard InChI is InChI=1S/C17H27N3/c1-14(15-9-5-4-6-10-15)20-16(18-3)19-13-17(2)11-7-8-12-17/h4-6,9-10,14H,7-8,11-13H2,1-3H3,(H2,18,19,20). The van der Waals surface area contributed by atoms with Gasteiger partial charge in [0.25, 0.3) is 0 Å². The molecule has 1 aromatic carbocycles. The van der Waals surface area contributed by atoms with Crippen LogP contribution < -0.4 is 10.6 Å². The molecule has 0 saturated heterocycles. The van der Waals surface area contributed by atoms with Crippen molar-refractivity contribution < 1.29 is 0 Å². The summed E-state index contributed by atoms with van der Waals surface area (Å²) in [6, 6.07) is 10.7. The maximum Gasteiger partial charge on any atom is 0.191 e. The largest absolute Gasteiger partial charge is 0.356 e. The molecule has 0 bridgehead atoms. The molecule has 0 aromatic heterocycles. The van der Waals surface area contributed by atoms with E-state index >= 15 is 0 Å². The van der Waals surface area contributed by atoms with Crippen molar-refractivity contribution in [3.05, 3.63) is 35.9 Å². The van der Waals surface area contributed by atoms with Crippen molar-refractivity contribution in [3.63, 3.8) is 0 Å². The van der Waals surface area contributed by atoms with Crippen LogP contribution in [0.2, 0.25) is 0 Å².